The second-order valence-electron chi connectivity index (χ2n) is 7.59. The van der Waals surface area contributed by atoms with E-state index in [1.807, 2.05) is 53.9 Å². The van der Waals surface area contributed by atoms with E-state index >= 15 is 0 Å². The van der Waals surface area contributed by atoms with Gasteiger partial charge in [0, 0.05) is 18.3 Å². The van der Waals surface area contributed by atoms with Crippen molar-refractivity contribution in [1.29, 1.82) is 5.26 Å². The van der Waals surface area contributed by atoms with Gasteiger partial charge in [-0.3, -0.25) is 4.79 Å². The Morgan fingerprint density at radius 1 is 1.12 bits per heavy atom. The van der Waals surface area contributed by atoms with Gasteiger partial charge in [-0.2, -0.15) is 10.4 Å². The average Bonchev–Trinajstić information content (AvgIpc) is 3.41. The third-order valence-corrected chi connectivity index (χ3v) is 6.06. The number of nitrogens with one attached hydrogen (secondary N) is 1. The van der Waals surface area contributed by atoms with Gasteiger partial charge in [-0.05, 0) is 30.5 Å². The number of nitrogens with zero attached hydrogens (tertiary/aromatic N) is 4. The van der Waals surface area contributed by atoms with E-state index in [0.717, 1.165) is 22.8 Å². The summed E-state index contributed by atoms with van der Waals surface area (Å²) in [5, 5.41) is 19.9. The number of hydrogen-bond donors (Lipinski definition) is 2. The number of rotatable bonds is 9. The average molecular weight is 457 g/mol. The first kappa shape index (κ1) is 22.2. The van der Waals surface area contributed by atoms with E-state index in [1.54, 1.807) is 16.0 Å². The molecular formula is C25H24N6OS. The lowest BCUT2D eigenvalue weighted by molar-refractivity contribution is -0.120. The normalized spacial score (nSPS) is 10.6. The highest BCUT2D eigenvalue weighted by Gasteiger charge is 2.16. The van der Waals surface area contributed by atoms with Crippen molar-refractivity contribution in [3.8, 4) is 11.8 Å². The Hall–Kier alpha value is -3.96. The molecule has 0 aliphatic carbocycles. The number of hydrogen-bond acceptors (Lipinski definition) is 6. The first-order valence-corrected chi connectivity index (χ1v) is 11.6. The minimum atomic E-state index is -0.0682. The van der Waals surface area contributed by atoms with Crippen LogP contribution in [0.1, 0.15) is 33.9 Å². The third-order valence-electron chi connectivity index (χ3n) is 5.16. The second kappa shape index (κ2) is 10.6. The summed E-state index contributed by atoms with van der Waals surface area (Å²) in [5.41, 5.74) is 9.95. The fraction of sp³-hybridized carbons (Fsp3) is 0.200. The fourth-order valence-electron chi connectivity index (χ4n) is 3.53. The van der Waals surface area contributed by atoms with Gasteiger partial charge in [0.1, 0.15) is 17.5 Å². The lowest BCUT2D eigenvalue weighted by atomic mass is 10.1. The van der Waals surface area contributed by atoms with Crippen LogP contribution in [0.5, 0.6) is 0 Å². The van der Waals surface area contributed by atoms with Crippen molar-refractivity contribution in [2.45, 2.75) is 25.7 Å². The largest absolute Gasteiger partial charge is 0.382 e. The number of thiazole rings is 1. The van der Waals surface area contributed by atoms with E-state index in [2.05, 4.69) is 33.6 Å². The van der Waals surface area contributed by atoms with Gasteiger partial charge in [-0.15, -0.1) is 11.3 Å². The molecule has 2 aromatic heterocycles. The summed E-state index contributed by atoms with van der Waals surface area (Å²) in [6.45, 7) is 0.489. The second-order valence-corrected chi connectivity index (χ2v) is 8.53. The molecule has 0 spiro atoms. The minimum absolute atomic E-state index is 0.0682. The zero-order valence-electron chi connectivity index (χ0n) is 18.1. The molecule has 4 aromatic rings. The van der Waals surface area contributed by atoms with Crippen molar-refractivity contribution in [3.63, 3.8) is 0 Å². The number of aromatic nitrogens is 3. The molecule has 2 aromatic carbocycles. The molecule has 0 radical (unpaired) electrons. The highest BCUT2D eigenvalue weighted by atomic mass is 32.1. The van der Waals surface area contributed by atoms with Crippen molar-refractivity contribution in [2.24, 2.45) is 0 Å². The molecule has 0 aliphatic heterocycles. The number of amides is 1. The number of carbonyl (C=O) groups excluding carboxylic acids is 1. The van der Waals surface area contributed by atoms with E-state index in [0.29, 0.717) is 36.5 Å². The van der Waals surface area contributed by atoms with Gasteiger partial charge in [0.05, 0.1) is 28.5 Å². The number of anilines is 1. The summed E-state index contributed by atoms with van der Waals surface area (Å²) in [7, 11) is 0. The van der Waals surface area contributed by atoms with E-state index in [1.165, 1.54) is 5.56 Å². The number of nitrogen functional groups attached to an aromatic ring is 1. The Morgan fingerprint density at radius 2 is 1.85 bits per heavy atom. The predicted octanol–water partition coefficient (Wildman–Crippen LogP) is 3.66. The van der Waals surface area contributed by atoms with Gasteiger partial charge in [0.25, 0.3) is 0 Å². The number of carbonyl (C=O) groups is 1. The number of nitriles is 1. The van der Waals surface area contributed by atoms with Crippen LogP contribution in [0, 0.1) is 11.3 Å². The van der Waals surface area contributed by atoms with Crippen LogP contribution in [0.3, 0.4) is 0 Å². The molecule has 0 atom stereocenters. The lowest BCUT2D eigenvalue weighted by Crippen LogP contribution is -2.26. The molecule has 0 bridgehead atoms. The summed E-state index contributed by atoms with van der Waals surface area (Å²) < 4.78 is 1.59. The Labute approximate surface area is 196 Å². The third kappa shape index (κ3) is 5.64. The maximum atomic E-state index is 12.3. The topological polar surface area (TPSA) is 110 Å². The fourth-order valence-corrected chi connectivity index (χ4v) is 4.36. The zero-order chi connectivity index (χ0) is 23.0. The molecule has 2 heterocycles. The number of benzene rings is 2. The first-order valence-electron chi connectivity index (χ1n) is 10.7. The predicted molar refractivity (Wildman–Crippen MR) is 129 cm³/mol. The monoisotopic (exact) mass is 456 g/mol. The van der Waals surface area contributed by atoms with Crippen LogP contribution < -0.4 is 11.1 Å². The quantitative estimate of drug-likeness (QED) is 0.374. The number of para-hydroxylation sites is 1. The molecule has 0 saturated heterocycles. The van der Waals surface area contributed by atoms with Crippen LogP contribution in [0.2, 0.25) is 0 Å². The Morgan fingerprint density at radius 3 is 2.58 bits per heavy atom. The molecule has 1 amide bonds. The van der Waals surface area contributed by atoms with Gasteiger partial charge >= 0.3 is 0 Å². The summed E-state index contributed by atoms with van der Waals surface area (Å²) >= 11 is 1.57. The van der Waals surface area contributed by atoms with E-state index < -0.39 is 0 Å². The van der Waals surface area contributed by atoms with Crippen molar-refractivity contribution < 1.29 is 4.79 Å². The number of aryl methyl sites for hydroxylation is 1. The molecule has 166 valence electrons. The van der Waals surface area contributed by atoms with Crippen LogP contribution in [-0.4, -0.2) is 27.2 Å². The maximum absolute atomic E-state index is 12.3. The Kier molecular flexibility index (Phi) is 7.12. The summed E-state index contributed by atoms with van der Waals surface area (Å²) in [6, 6.07) is 21.8. The smallest absolute Gasteiger partial charge is 0.226 e. The van der Waals surface area contributed by atoms with Gasteiger partial charge in [0.15, 0.2) is 0 Å². The first-order chi connectivity index (χ1) is 16.1. The standard InChI is InChI=1S/C25H24N6OS/c26-16-21-22(30-31(25(21)27)20-10-5-2-6-11-20)12-7-13-28-23(32)15-19-17-33-24(29-19)14-18-8-3-1-4-9-18/h1-6,8-11,17H,7,12-15,27H2,(H,28,32). The van der Waals surface area contributed by atoms with Crippen molar-refractivity contribution in [3.05, 3.63) is 93.6 Å². The van der Waals surface area contributed by atoms with Crippen molar-refractivity contribution in [2.75, 3.05) is 12.3 Å². The van der Waals surface area contributed by atoms with Gasteiger partial charge in [-0.1, -0.05) is 48.5 Å². The van der Waals surface area contributed by atoms with E-state index in [4.69, 9.17) is 5.73 Å². The highest BCUT2D eigenvalue weighted by molar-refractivity contribution is 7.09. The van der Waals surface area contributed by atoms with Crippen LogP contribution in [0.25, 0.3) is 5.69 Å². The Bertz CT molecular complexity index is 1260. The van der Waals surface area contributed by atoms with Gasteiger partial charge < -0.3 is 11.1 Å². The molecule has 3 N–H and O–H groups in total. The highest BCUT2D eigenvalue weighted by Crippen LogP contribution is 2.21. The van der Waals surface area contributed by atoms with Gasteiger partial charge in [-0.25, -0.2) is 9.67 Å². The maximum Gasteiger partial charge on any atom is 0.226 e. The molecule has 8 heteroatoms. The molecule has 0 fully saturated rings. The summed E-state index contributed by atoms with van der Waals surface area (Å²) in [6.07, 6.45) is 2.23. The van der Waals surface area contributed by atoms with Crippen molar-refractivity contribution in [1.82, 2.24) is 20.1 Å². The van der Waals surface area contributed by atoms with Crippen LogP contribution >= 0.6 is 11.3 Å². The molecular weight excluding hydrogens is 432 g/mol. The molecule has 33 heavy (non-hydrogen) atoms. The summed E-state index contributed by atoms with van der Waals surface area (Å²) in [5.74, 6) is 0.263. The minimum Gasteiger partial charge on any atom is -0.382 e. The zero-order valence-corrected chi connectivity index (χ0v) is 18.9. The molecule has 0 unspecified atom stereocenters. The SMILES string of the molecule is N#Cc1c(CCCNC(=O)Cc2csc(Cc3ccccc3)n2)nn(-c2ccccc2)c1N. The molecule has 4 rings (SSSR count). The lowest BCUT2D eigenvalue weighted by Gasteiger charge is -2.03. The van der Waals surface area contributed by atoms with Crippen molar-refractivity contribution >= 4 is 23.1 Å². The van der Waals surface area contributed by atoms with Crippen LogP contribution in [0.4, 0.5) is 5.82 Å². The number of nitrogens with two attached hydrogens (primary N) is 1. The molecule has 0 aliphatic rings. The molecule has 0 saturated carbocycles. The summed E-state index contributed by atoms with van der Waals surface area (Å²) in [4.78, 5) is 16.9. The van der Waals surface area contributed by atoms with E-state index in [9.17, 15) is 10.1 Å². The molecule has 7 nitrogen and oxygen atoms in total. The van der Waals surface area contributed by atoms with Crippen LogP contribution in [-0.2, 0) is 24.1 Å². The van der Waals surface area contributed by atoms with E-state index in [-0.39, 0.29) is 12.3 Å². The van der Waals surface area contributed by atoms with Gasteiger partial charge in [0.2, 0.25) is 5.91 Å². The Balaban J connectivity index is 1.27. The van der Waals surface area contributed by atoms with Crippen LogP contribution in [0.15, 0.2) is 66.0 Å².